The number of halogens is 1. The number of rotatable bonds is 16. The molecule has 0 bridgehead atoms. The number of aliphatic hydroxyl groups excluding tert-OH is 1. The monoisotopic (exact) mass is 284 g/mol. The molecule has 7 heteroatoms. The number of aliphatic hydroxyl groups is 1. The lowest BCUT2D eigenvalue weighted by atomic mass is 10.7. The fourth-order valence-corrected chi connectivity index (χ4v) is 1.10. The molecule has 0 amide bonds. The minimum atomic E-state index is -0.464. The van der Waals surface area contributed by atoms with Crippen LogP contribution >= 0.6 is 0 Å². The molecule has 0 heterocycles. The van der Waals surface area contributed by atoms with E-state index in [0.29, 0.717) is 59.5 Å². The van der Waals surface area contributed by atoms with Gasteiger partial charge in [-0.05, 0) is 0 Å². The molecule has 0 aliphatic heterocycles. The molecule has 0 saturated carbocycles. The number of hydrogen-bond acceptors (Lipinski definition) is 6. The van der Waals surface area contributed by atoms with Gasteiger partial charge in [0.2, 0.25) is 0 Å². The quantitative estimate of drug-likeness (QED) is 0.403. The molecule has 19 heavy (non-hydrogen) atoms. The van der Waals surface area contributed by atoms with Crippen molar-refractivity contribution in [3.63, 3.8) is 0 Å². The van der Waals surface area contributed by atoms with E-state index < -0.39 is 6.67 Å². The molecule has 0 fully saturated rings. The molecule has 0 unspecified atom stereocenters. The van der Waals surface area contributed by atoms with Crippen molar-refractivity contribution in [3.05, 3.63) is 0 Å². The fourth-order valence-electron chi connectivity index (χ4n) is 1.10. The standard InChI is InChI=1S/C12H25FO6/c13-1-3-15-5-7-17-9-11-19-12-10-18-8-6-16-4-2-14/h14H,1-12H2. The molecule has 1 N–H and O–H groups in total. The summed E-state index contributed by atoms with van der Waals surface area (Å²) in [6.45, 7) is 3.83. The van der Waals surface area contributed by atoms with E-state index in [1.807, 2.05) is 0 Å². The molecular formula is C12H25FO6. The van der Waals surface area contributed by atoms with Gasteiger partial charge in [0.1, 0.15) is 6.67 Å². The van der Waals surface area contributed by atoms with Crippen LogP contribution in [0, 0.1) is 0 Å². The van der Waals surface area contributed by atoms with Gasteiger partial charge in [0, 0.05) is 0 Å². The maximum Gasteiger partial charge on any atom is 0.113 e. The highest BCUT2D eigenvalue weighted by atomic mass is 19.1. The number of ether oxygens (including phenoxy) is 5. The van der Waals surface area contributed by atoms with Gasteiger partial charge in [-0.1, -0.05) is 0 Å². The van der Waals surface area contributed by atoms with Crippen LogP contribution in [-0.2, 0) is 23.7 Å². The van der Waals surface area contributed by atoms with E-state index in [0.717, 1.165) is 0 Å². The molecule has 0 spiro atoms. The van der Waals surface area contributed by atoms with E-state index in [4.69, 9.17) is 28.8 Å². The van der Waals surface area contributed by atoms with Gasteiger partial charge >= 0.3 is 0 Å². The zero-order valence-corrected chi connectivity index (χ0v) is 11.4. The zero-order chi connectivity index (χ0) is 14.0. The summed E-state index contributed by atoms with van der Waals surface area (Å²) in [6.07, 6.45) is 0. The van der Waals surface area contributed by atoms with Crippen molar-refractivity contribution in [2.24, 2.45) is 0 Å². The van der Waals surface area contributed by atoms with Crippen LogP contribution in [0.2, 0.25) is 0 Å². The number of alkyl halides is 1. The molecule has 0 radical (unpaired) electrons. The largest absolute Gasteiger partial charge is 0.394 e. The lowest BCUT2D eigenvalue weighted by Gasteiger charge is -2.07. The van der Waals surface area contributed by atoms with Crippen LogP contribution in [-0.4, -0.2) is 84.5 Å². The summed E-state index contributed by atoms with van der Waals surface area (Å²) in [4.78, 5) is 0. The maximum absolute atomic E-state index is 11.6. The van der Waals surface area contributed by atoms with Crippen molar-refractivity contribution in [1.82, 2.24) is 0 Å². The lowest BCUT2D eigenvalue weighted by molar-refractivity contribution is -0.0138. The highest BCUT2D eigenvalue weighted by Crippen LogP contribution is 1.83. The van der Waals surface area contributed by atoms with Crippen molar-refractivity contribution < 1.29 is 33.2 Å². The predicted octanol–water partition coefficient (Wildman–Crippen LogP) is 0.0312. The van der Waals surface area contributed by atoms with Gasteiger partial charge in [-0.3, -0.25) is 0 Å². The van der Waals surface area contributed by atoms with Crippen molar-refractivity contribution in [2.45, 2.75) is 0 Å². The summed E-state index contributed by atoms with van der Waals surface area (Å²) in [5.41, 5.74) is 0. The first-order chi connectivity index (χ1) is 9.41. The Labute approximate surface area is 113 Å². The highest BCUT2D eigenvalue weighted by molar-refractivity contribution is 4.35. The SMILES string of the molecule is OCCOCCOCCOCCOCCOCCF. The van der Waals surface area contributed by atoms with Gasteiger partial charge in [-0.25, -0.2) is 4.39 Å². The zero-order valence-electron chi connectivity index (χ0n) is 11.4. The second kappa shape index (κ2) is 17.7. The molecule has 0 rings (SSSR count). The first-order valence-electron chi connectivity index (χ1n) is 6.47. The molecule has 6 nitrogen and oxygen atoms in total. The van der Waals surface area contributed by atoms with Crippen LogP contribution < -0.4 is 0 Å². The van der Waals surface area contributed by atoms with Crippen LogP contribution in [0.5, 0.6) is 0 Å². The van der Waals surface area contributed by atoms with Crippen LogP contribution in [0.25, 0.3) is 0 Å². The lowest BCUT2D eigenvalue weighted by Crippen LogP contribution is -2.13. The van der Waals surface area contributed by atoms with Gasteiger partial charge in [0.25, 0.3) is 0 Å². The summed E-state index contributed by atoms with van der Waals surface area (Å²) in [5, 5.41) is 8.45. The van der Waals surface area contributed by atoms with Crippen LogP contribution in [0.3, 0.4) is 0 Å². The molecule has 0 aliphatic carbocycles. The van der Waals surface area contributed by atoms with Crippen molar-refractivity contribution in [3.8, 4) is 0 Å². The molecule has 0 aromatic heterocycles. The van der Waals surface area contributed by atoms with E-state index in [1.54, 1.807) is 0 Å². The van der Waals surface area contributed by atoms with Crippen molar-refractivity contribution >= 4 is 0 Å². The average molecular weight is 284 g/mol. The molecule has 0 aromatic rings. The van der Waals surface area contributed by atoms with E-state index in [1.165, 1.54) is 0 Å². The summed E-state index contributed by atoms with van der Waals surface area (Å²) >= 11 is 0. The molecule has 0 saturated heterocycles. The Morgan fingerprint density at radius 1 is 0.526 bits per heavy atom. The Morgan fingerprint density at radius 3 is 1.16 bits per heavy atom. The Morgan fingerprint density at radius 2 is 0.842 bits per heavy atom. The summed E-state index contributed by atoms with van der Waals surface area (Å²) < 4.78 is 37.2. The Kier molecular flexibility index (Phi) is 17.4. The highest BCUT2D eigenvalue weighted by Gasteiger charge is 1.93. The third kappa shape index (κ3) is 17.7. The maximum atomic E-state index is 11.6. The normalized spacial score (nSPS) is 11.1. The third-order valence-electron chi connectivity index (χ3n) is 1.95. The molecule has 0 atom stereocenters. The molecular weight excluding hydrogens is 259 g/mol. The van der Waals surface area contributed by atoms with Gasteiger partial charge in [0.15, 0.2) is 0 Å². The van der Waals surface area contributed by atoms with E-state index in [2.05, 4.69) is 0 Å². The van der Waals surface area contributed by atoms with Crippen molar-refractivity contribution in [1.29, 1.82) is 0 Å². The predicted molar refractivity (Wildman–Crippen MR) is 67.2 cm³/mol. The first kappa shape index (κ1) is 18.7. The molecule has 0 aromatic carbocycles. The second-order valence-corrected chi connectivity index (χ2v) is 3.47. The second-order valence-electron chi connectivity index (χ2n) is 3.47. The minimum absolute atomic E-state index is 0.0297. The number of hydrogen-bond donors (Lipinski definition) is 1. The fraction of sp³-hybridized carbons (Fsp3) is 1.00. The van der Waals surface area contributed by atoms with Crippen molar-refractivity contribution in [2.75, 3.05) is 79.4 Å². The van der Waals surface area contributed by atoms with E-state index >= 15 is 0 Å². The Balaban J connectivity index is 2.88. The van der Waals surface area contributed by atoms with E-state index in [9.17, 15) is 4.39 Å². The van der Waals surface area contributed by atoms with Crippen LogP contribution in [0.15, 0.2) is 0 Å². The Hall–Kier alpha value is -0.310. The smallest absolute Gasteiger partial charge is 0.113 e. The van der Waals surface area contributed by atoms with Gasteiger partial charge in [-0.15, -0.1) is 0 Å². The summed E-state index contributed by atoms with van der Waals surface area (Å²) in [5.74, 6) is 0. The summed E-state index contributed by atoms with van der Waals surface area (Å²) in [7, 11) is 0. The van der Waals surface area contributed by atoms with Gasteiger partial charge < -0.3 is 28.8 Å². The summed E-state index contributed by atoms with van der Waals surface area (Å²) in [6, 6.07) is 0. The average Bonchev–Trinajstić information content (AvgIpc) is 2.43. The topological polar surface area (TPSA) is 66.4 Å². The van der Waals surface area contributed by atoms with Gasteiger partial charge in [-0.2, -0.15) is 0 Å². The third-order valence-corrected chi connectivity index (χ3v) is 1.95. The molecule has 116 valence electrons. The Bertz CT molecular complexity index is 145. The van der Waals surface area contributed by atoms with E-state index in [-0.39, 0.29) is 13.2 Å². The minimum Gasteiger partial charge on any atom is -0.394 e. The van der Waals surface area contributed by atoms with Crippen LogP contribution in [0.1, 0.15) is 0 Å². The van der Waals surface area contributed by atoms with Crippen LogP contribution in [0.4, 0.5) is 4.39 Å². The first-order valence-corrected chi connectivity index (χ1v) is 6.47. The molecule has 0 aliphatic rings. The van der Waals surface area contributed by atoms with Gasteiger partial charge in [0.05, 0.1) is 72.7 Å².